The van der Waals surface area contributed by atoms with Crippen LogP contribution in [0.4, 0.5) is 0 Å². The maximum absolute atomic E-state index is 11.4. The molecular weight excluding hydrogens is 238 g/mol. The van der Waals surface area contributed by atoms with Gasteiger partial charge in [-0.15, -0.1) is 0 Å². The van der Waals surface area contributed by atoms with Crippen molar-refractivity contribution in [3.8, 4) is 0 Å². The summed E-state index contributed by atoms with van der Waals surface area (Å²) in [5, 5.41) is 3.99. The van der Waals surface area contributed by atoms with Crippen LogP contribution >= 0.6 is 11.8 Å². The number of carbonyl (C=O) groups excluding carboxylic acids is 2. The lowest BCUT2D eigenvalue weighted by molar-refractivity contribution is -0.137. The fourth-order valence-electron chi connectivity index (χ4n) is 1.05. The molecule has 5 heteroatoms. The highest BCUT2D eigenvalue weighted by molar-refractivity contribution is 8.02. The van der Waals surface area contributed by atoms with Gasteiger partial charge in [-0.1, -0.05) is 30.0 Å². The molecular formula is C12H13NO3S. The Hall–Kier alpha value is -1.75. The van der Waals surface area contributed by atoms with Crippen molar-refractivity contribution in [1.82, 2.24) is 5.32 Å². The zero-order valence-electron chi connectivity index (χ0n) is 9.60. The molecule has 0 bridgehead atoms. The number of hydrogen-bond donors (Lipinski definition) is 1. The van der Waals surface area contributed by atoms with Gasteiger partial charge in [0, 0.05) is 17.2 Å². The third kappa shape index (κ3) is 4.74. The molecule has 0 aliphatic rings. The van der Waals surface area contributed by atoms with Crippen LogP contribution < -0.4 is 5.32 Å². The first-order valence-corrected chi connectivity index (χ1v) is 5.79. The molecule has 0 heterocycles. The van der Waals surface area contributed by atoms with Crippen molar-refractivity contribution in [3.63, 3.8) is 0 Å². The Morgan fingerprint density at radius 1 is 1.29 bits per heavy atom. The lowest BCUT2D eigenvalue weighted by Crippen LogP contribution is -2.25. The number of esters is 1. The Morgan fingerprint density at radius 2 is 1.94 bits per heavy atom. The van der Waals surface area contributed by atoms with Crippen LogP contribution in [0.15, 0.2) is 46.3 Å². The summed E-state index contributed by atoms with van der Waals surface area (Å²) in [5.41, 5.74) is 0.133. The van der Waals surface area contributed by atoms with Gasteiger partial charge >= 0.3 is 5.97 Å². The van der Waals surface area contributed by atoms with E-state index in [2.05, 4.69) is 10.1 Å². The molecule has 0 aliphatic carbocycles. The Bertz CT molecular complexity index is 429. The number of amides is 1. The normalized spacial score (nSPS) is 10.8. The minimum absolute atomic E-state index is 0.133. The van der Waals surface area contributed by atoms with E-state index in [1.807, 2.05) is 30.3 Å². The summed E-state index contributed by atoms with van der Waals surface area (Å²) in [4.78, 5) is 23.2. The first-order chi connectivity index (χ1) is 8.13. The van der Waals surface area contributed by atoms with E-state index in [0.29, 0.717) is 0 Å². The molecule has 1 aromatic carbocycles. The highest BCUT2D eigenvalue weighted by atomic mass is 32.2. The van der Waals surface area contributed by atoms with Gasteiger partial charge in [0.05, 0.1) is 7.11 Å². The smallest absolute Gasteiger partial charge is 0.355 e. The fraction of sp³-hybridized carbons (Fsp3) is 0.167. The van der Waals surface area contributed by atoms with Crippen molar-refractivity contribution in [3.05, 3.63) is 41.4 Å². The molecule has 0 saturated carbocycles. The molecule has 0 saturated heterocycles. The number of ether oxygens (including phenoxy) is 1. The standard InChI is InChI=1S/C12H13NO3S/c1-9(14)13-11(12(15)16-2)8-17-10-6-4-3-5-7-10/h3-8H,1-2H3,(H,13,14). The summed E-state index contributed by atoms with van der Waals surface area (Å²) in [5.74, 6) is -0.876. The van der Waals surface area contributed by atoms with Crippen LogP contribution in [0.1, 0.15) is 6.92 Å². The molecule has 0 radical (unpaired) electrons. The maximum atomic E-state index is 11.4. The Labute approximate surface area is 104 Å². The summed E-state index contributed by atoms with van der Waals surface area (Å²) in [6, 6.07) is 9.51. The molecule has 0 fully saturated rings. The second kappa shape index (κ2) is 6.75. The first kappa shape index (κ1) is 13.3. The van der Waals surface area contributed by atoms with Gasteiger partial charge in [-0.25, -0.2) is 4.79 Å². The predicted molar refractivity (Wildman–Crippen MR) is 66.2 cm³/mol. The van der Waals surface area contributed by atoms with Crippen LogP contribution in [0, 0.1) is 0 Å². The van der Waals surface area contributed by atoms with Gasteiger partial charge in [-0.05, 0) is 12.1 Å². The largest absolute Gasteiger partial charge is 0.464 e. The zero-order valence-corrected chi connectivity index (χ0v) is 10.4. The molecule has 0 spiro atoms. The van der Waals surface area contributed by atoms with Gasteiger partial charge < -0.3 is 10.1 Å². The van der Waals surface area contributed by atoms with Gasteiger partial charge in [0.25, 0.3) is 0 Å². The molecule has 1 aromatic rings. The number of methoxy groups -OCH3 is 1. The van der Waals surface area contributed by atoms with E-state index in [1.165, 1.54) is 25.8 Å². The molecule has 1 amide bonds. The summed E-state index contributed by atoms with van der Waals surface area (Å²) >= 11 is 1.34. The van der Waals surface area contributed by atoms with Crippen LogP contribution in [0.3, 0.4) is 0 Å². The molecule has 17 heavy (non-hydrogen) atoms. The van der Waals surface area contributed by atoms with Crippen molar-refractivity contribution in [2.45, 2.75) is 11.8 Å². The van der Waals surface area contributed by atoms with E-state index in [-0.39, 0.29) is 11.6 Å². The molecule has 90 valence electrons. The van der Waals surface area contributed by atoms with E-state index in [9.17, 15) is 9.59 Å². The zero-order chi connectivity index (χ0) is 12.7. The highest BCUT2D eigenvalue weighted by Crippen LogP contribution is 2.19. The number of benzene rings is 1. The summed E-state index contributed by atoms with van der Waals surface area (Å²) in [7, 11) is 1.27. The highest BCUT2D eigenvalue weighted by Gasteiger charge is 2.10. The molecule has 1 rings (SSSR count). The van der Waals surface area contributed by atoms with Crippen LogP contribution in [0.2, 0.25) is 0 Å². The minimum Gasteiger partial charge on any atom is -0.464 e. The van der Waals surface area contributed by atoms with Gasteiger partial charge in [-0.3, -0.25) is 4.79 Å². The number of rotatable bonds is 4. The van der Waals surface area contributed by atoms with E-state index in [1.54, 1.807) is 5.41 Å². The summed E-state index contributed by atoms with van der Waals surface area (Å²) in [6.45, 7) is 1.34. The Balaban J connectivity index is 2.76. The van der Waals surface area contributed by atoms with E-state index in [4.69, 9.17) is 0 Å². The van der Waals surface area contributed by atoms with Gasteiger partial charge in [0.2, 0.25) is 5.91 Å². The van der Waals surface area contributed by atoms with Crippen LogP contribution in [0.5, 0.6) is 0 Å². The molecule has 1 N–H and O–H groups in total. The second-order valence-corrected chi connectivity index (χ2v) is 4.08. The topological polar surface area (TPSA) is 55.4 Å². The van der Waals surface area contributed by atoms with Crippen molar-refractivity contribution < 1.29 is 14.3 Å². The number of hydrogen-bond acceptors (Lipinski definition) is 4. The van der Waals surface area contributed by atoms with Crippen molar-refractivity contribution in [2.75, 3.05) is 7.11 Å². The molecule has 0 unspecified atom stereocenters. The third-order valence-corrected chi connectivity index (χ3v) is 2.67. The van der Waals surface area contributed by atoms with Gasteiger partial charge in [-0.2, -0.15) is 0 Å². The van der Waals surface area contributed by atoms with Crippen molar-refractivity contribution in [1.29, 1.82) is 0 Å². The molecule has 0 aromatic heterocycles. The average molecular weight is 251 g/mol. The second-order valence-electron chi connectivity index (χ2n) is 3.14. The monoisotopic (exact) mass is 251 g/mol. The van der Waals surface area contributed by atoms with Crippen molar-refractivity contribution in [2.24, 2.45) is 0 Å². The van der Waals surface area contributed by atoms with E-state index in [0.717, 1.165) is 4.90 Å². The first-order valence-electron chi connectivity index (χ1n) is 4.91. The quantitative estimate of drug-likeness (QED) is 0.504. The van der Waals surface area contributed by atoms with Crippen LogP contribution in [-0.2, 0) is 14.3 Å². The predicted octanol–water partition coefficient (Wildman–Crippen LogP) is 1.93. The van der Waals surface area contributed by atoms with Crippen LogP contribution in [-0.4, -0.2) is 19.0 Å². The maximum Gasteiger partial charge on any atom is 0.355 e. The molecule has 0 atom stereocenters. The van der Waals surface area contributed by atoms with Gasteiger partial charge in [0.15, 0.2) is 0 Å². The summed E-state index contributed by atoms with van der Waals surface area (Å²) < 4.78 is 4.57. The summed E-state index contributed by atoms with van der Waals surface area (Å²) in [6.07, 6.45) is 0. The minimum atomic E-state index is -0.566. The van der Waals surface area contributed by atoms with Crippen molar-refractivity contribution >= 4 is 23.6 Å². The van der Waals surface area contributed by atoms with Gasteiger partial charge in [0.1, 0.15) is 5.70 Å². The SMILES string of the molecule is COC(=O)C(=CSc1ccccc1)NC(C)=O. The lowest BCUT2D eigenvalue weighted by atomic mass is 10.4. The molecule has 0 aliphatic heterocycles. The van der Waals surface area contributed by atoms with E-state index >= 15 is 0 Å². The Morgan fingerprint density at radius 3 is 2.47 bits per heavy atom. The number of carbonyl (C=O) groups is 2. The third-order valence-electron chi connectivity index (χ3n) is 1.77. The molecule has 4 nitrogen and oxygen atoms in total. The fourth-order valence-corrected chi connectivity index (χ4v) is 1.78. The van der Waals surface area contributed by atoms with Crippen LogP contribution in [0.25, 0.3) is 0 Å². The number of thioether (sulfide) groups is 1. The average Bonchev–Trinajstić information content (AvgIpc) is 2.34. The number of nitrogens with one attached hydrogen (secondary N) is 1. The Kier molecular flexibility index (Phi) is 5.29. The lowest BCUT2D eigenvalue weighted by Gasteiger charge is -2.05. The van der Waals surface area contributed by atoms with E-state index < -0.39 is 5.97 Å².